The van der Waals surface area contributed by atoms with Crippen LogP contribution in [-0.2, 0) is 4.74 Å². The number of ketones is 1. The number of methoxy groups -OCH3 is 1. The van der Waals surface area contributed by atoms with Crippen molar-refractivity contribution in [2.45, 2.75) is 31.2 Å². The molecular weight excluding hydrogens is 356 g/mol. The van der Waals surface area contributed by atoms with E-state index in [-0.39, 0.29) is 5.78 Å². The van der Waals surface area contributed by atoms with Crippen molar-refractivity contribution in [3.8, 4) is 11.6 Å². The molecule has 0 spiro atoms. The van der Waals surface area contributed by atoms with Crippen LogP contribution < -0.4 is 0 Å². The van der Waals surface area contributed by atoms with E-state index in [1.54, 1.807) is 27.0 Å². The van der Waals surface area contributed by atoms with Gasteiger partial charge in [-0.1, -0.05) is 11.8 Å². The number of carbonyl (C=O) groups excluding carboxylic acids is 2. The number of H-pyrrole nitrogens is 2. The average Bonchev–Trinajstić information content (AvgIpc) is 3.34. The van der Waals surface area contributed by atoms with Crippen LogP contribution in [0.1, 0.15) is 39.0 Å². The Balaban J connectivity index is 1.77. The summed E-state index contributed by atoms with van der Waals surface area (Å²) in [6.07, 6.45) is 1.76. The quantitative estimate of drug-likeness (QED) is 0.387. The molecule has 2 N–H and O–H groups in total. The van der Waals surface area contributed by atoms with Gasteiger partial charge in [-0.25, -0.2) is 4.79 Å². The van der Waals surface area contributed by atoms with Crippen LogP contribution in [0.25, 0.3) is 11.6 Å². The van der Waals surface area contributed by atoms with Gasteiger partial charge in [0.15, 0.2) is 5.78 Å². The lowest BCUT2D eigenvalue weighted by atomic mass is 10.1. The molecule has 0 aliphatic carbocycles. The smallest absolute Gasteiger partial charge is 0.339 e. The third-order valence-electron chi connectivity index (χ3n) is 3.96. The van der Waals surface area contributed by atoms with Crippen molar-refractivity contribution in [2.75, 3.05) is 7.11 Å². The first-order valence-corrected chi connectivity index (χ1v) is 8.76. The maximum Gasteiger partial charge on any atom is 0.339 e. The Morgan fingerprint density at radius 2 is 2.08 bits per heavy atom. The summed E-state index contributed by atoms with van der Waals surface area (Å²) in [4.78, 5) is 30.6. The number of aryl methyl sites for hydroxylation is 1. The van der Waals surface area contributed by atoms with Crippen LogP contribution >= 0.6 is 11.8 Å². The Morgan fingerprint density at radius 1 is 1.31 bits per heavy atom. The summed E-state index contributed by atoms with van der Waals surface area (Å²) in [5.41, 5.74) is 2.65. The van der Waals surface area contributed by atoms with Crippen molar-refractivity contribution >= 4 is 23.5 Å². The third kappa shape index (κ3) is 3.30. The van der Waals surface area contributed by atoms with Crippen molar-refractivity contribution in [1.29, 1.82) is 0 Å². The molecule has 0 aliphatic heterocycles. The van der Waals surface area contributed by atoms with Gasteiger partial charge in [0.2, 0.25) is 0 Å². The first-order valence-electron chi connectivity index (χ1n) is 7.88. The van der Waals surface area contributed by atoms with Gasteiger partial charge in [-0.15, -0.1) is 10.2 Å². The molecule has 1 atom stereocenters. The zero-order valence-corrected chi connectivity index (χ0v) is 15.6. The number of ether oxygens (including phenoxy) is 1. The van der Waals surface area contributed by atoms with Gasteiger partial charge >= 0.3 is 5.97 Å². The Labute approximate surface area is 153 Å². The number of esters is 1. The van der Waals surface area contributed by atoms with Crippen molar-refractivity contribution in [3.05, 3.63) is 40.8 Å². The minimum Gasteiger partial charge on any atom is -0.465 e. The molecule has 26 heavy (non-hydrogen) atoms. The molecule has 136 valence electrons. The highest BCUT2D eigenvalue weighted by Gasteiger charge is 2.27. The monoisotopic (exact) mass is 374 g/mol. The fourth-order valence-electron chi connectivity index (χ4n) is 2.64. The number of hydrogen-bond donors (Lipinski definition) is 2. The number of nitrogens with one attached hydrogen (secondary N) is 2. The van der Waals surface area contributed by atoms with E-state index in [4.69, 9.17) is 9.15 Å². The van der Waals surface area contributed by atoms with Crippen molar-refractivity contribution in [3.63, 3.8) is 0 Å². The Bertz CT molecular complexity index is 942. The van der Waals surface area contributed by atoms with Gasteiger partial charge in [-0.3, -0.25) is 4.79 Å². The molecule has 3 heterocycles. The number of nitrogens with zero attached hydrogens (tertiary/aromatic N) is 2. The fourth-order valence-corrected chi connectivity index (χ4v) is 3.38. The lowest BCUT2D eigenvalue weighted by Crippen LogP contribution is -2.15. The number of rotatable bonds is 6. The normalized spacial score (nSPS) is 12.2. The van der Waals surface area contributed by atoms with E-state index in [1.165, 1.54) is 7.11 Å². The van der Waals surface area contributed by atoms with Crippen LogP contribution in [-0.4, -0.2) is 44.3 Å². The predicted octanol–water partition coefficient (Wildman–Crippen LogP) is 3.16. The van der Waals surface area contributed by atoms with Gasteiger partial charge in [0.25, 0.3) is 11.1 Å². The number of thioether (sulfide) groups is 1. The van der Waals surface area contributed by atoms with Crippen LogP contribution in [0, 0.1) is 13.8 Å². The third-order valence-corrected chi connectivity index (χ3v) is 4.89. The molecule has 3 aromatic heterocycles. The molecule has 0 aromatic carbocycles. The molecule has 0 radical (unpaired) electrons. The maximum absolute atomic E-state index is 12.8. The lowest BCUT2D eigenvalue weighted by molar-refractivity contribution is 0.0599. The second-order valence-electron chi connectivity index (χ2n) is 5.70. The van der Waals surface area contributed by atoms with Gasteiger partial charge in [-0.05, 0) is 38.5 Å². The van der Waals surface area contributed by atoms with Crippen LogP contribution in [0.3, 0.4) is 0 Å². The predicted molar refractivity (Wildman–Crippen MR) is 95.3 cm³/mol. The minimum atomic E-state index is -0.478. The van der Waals surface area contributed by atoms with E-state index in [1.807, 2.05) is 12.1 Å². The number of carbonyl (C=O) groups is 2. The van der Waals surface area contributed by atoms with Gasteiger partial charge in [-0.2, -0.15) is 0 Å². The number of hydrogen-bond acceptors (Lipinski definition) is 7. The molecule has 8 nitrogen and oxygen atoms in total. The Morgan fingerprint density at radius 3 is 2.73 bits per heavy atom. The lowest BCUT2D eigenvalue weighted by Gasteiger charge is -2.07. The standard InChI is InChI=1S/C17H18N4O4S/c1-8-12(16(23)24-4)9(2)19-13(8)14(22)10(3)26-17-21-20-15(25-17)11-6-5-7-18-11/h5-7,10,18-19H,1-4H3/t10-/m0/s1. The molecule has 3 rings (SSSR count). The molecule has 0 saturated heterocycles. The molecule has 0 bridgehead atoms. The molecular formula is C17H18N4O4S. The van der Waals surface area contributed by atoms with Gasteiger partial charge in [0.05, 0.1) is 23.6 Å². The summed E-state index contributed by atoms with van der Waals surface area (Å²) < 4.78 is 10.3. The Kier molecular flexibility index (Phi) is 4.99. The van der Waals surface area contributed by atoms with Crippen molar-refractivity contribution in [2.24, 2.45) is 0 Å². The molecule has 0 fully saturated rings. The molecule has 9 heteroatoms. The number of Topliss-reactive ketones (excluding diaryl/α,β-unsaturated/α-hetero) is 1. The topological polar surface area (TPSA) is 114 Å². The minimum absolute atomic E-state index is 0.162. The van der Waals surface area contributed by atoms with Gasteiger partial charge in [0, 0.05) is 11.9 Å². The molecule has 3 aromatic rings. The van der Waals surface area contributed by atoms with Crippen LogP contribution in [0.4, 0.5) is 0 Å². The zero-order chi connectivity index (χ0) is 18.8. The SMILES string of the molecule is COC(=O)c1c(C)[nH]c(C(=O)[C@H](C)Sc2nnc(-c3ccc[nH]3)o2)c1C. The van der Waals surface area contributed by atoms with Crippen LogP contribution in [0.15, 0.2) is 28.0 Å². The number of aromatic nitrogens is 4. The highest BCUT2D eigenvalue weighted by molar-refractivity contribution is 8.00. The van der Waals surface area contributed by atoms with E-state index < -0.39 is 11.2 Å². The van der Waals surface area contributed by atoms with E-state index >= 15 is 0 Å². The second-order valence-corrected chi connectivity index (χ2v) is 6.99. The first kappa shape index (κ1) is 18.0. The Hall–Kier alpha value is -2.81. The van der Waals surface area contributed by atoms with E-state index in [0.29, 0.717) is 39.3 Å². The van der Waals surface area contributed by atoms with Gasteiger partial charge in [0.1, 0.15) is 5.69 Å². The number of aromatic amines is 2. The molecule has 0 aliphatic rings. The average molecular weight is 374 g/mol. The van der Waals surface area contributed by atoms with Crippen LogP contribution in [0.2, 0.25) is 0 Å². The maximum atomic E-state index is 12.8. The second kappa shape index (κ2) is 7.20. The summed E-state index contributed by atoms with van der Waals surface area (Å²) in [5, 5.41) is 7.75. The van der Waals surface area contributed by atoms with E-state index in [9.17, 15) is 9.59 Å². The summed E-state index contributed by atoms with van der Waals surface area (Å²) >= 11 is 1.16. The van der Waals surface area contributed by atoms with Crippen molar-refractivity contribution < 1.29 is 18.7 Å². The highest BCUT2D eigenvalue weighted by atomic mass is 32.2. The van der Waals surface area contributed by atoms with E-state index in [0.717, 1.165) is 11.8 Å². The van der Waals surface area contributed by atoms with Crippen molar-refractivity contribution in [1.82, 2.24) is 20.2 Å². The fraction of sp³-hybridized carbons (Fsp3) is 0.294. The molecule has 0 unspecified atom stereocenters. The largest absolute Gasteiger partial charge is 0.465 e. The summed E-state index contributed by atoms with van der Waals surface area (Å²) in [6, 6.07) is 3.64. The zero-order valence-electron chi connectivity index (χ0n) is 14.7. The first-order chi connectivity index (χ1) is 12.4. The van der Waals surface area contributed by atoms with E-state index in [2.05, 4.69) is 20.2 Å². The summed E-state index contributed by atoms with van der Waals surface area (Å²) in [6.45, 7) is 5.20. The summed E-state index contributed by atoms with van der Waals surface area (Å²) in [7, 11) is 1.31. The van der Waals surface area contributed by atoms with Gasteiger partial charge < -0.3 is 19.1 Å². The summed E-state index contributed by atoms with van der Waals surface area (Å²) in [5.74, 6) is -0.273. The highest BCUT2D eigenvalue weighted by Crippen LogP contribution is 2.29. The van der Waals surface area contributed by atoms with Crippen LogP contribution in [0.5, 0.6) is 0 Å². The molecule has 0 saturated carbocycles. The molecule has 0 amide bonds.